The van der Waals surface area contributed by atoms with Crippen LogP contribution in [-0.4, -0.2) is 37.7 Å². The summed E-state index contributed by atoms with van der Waals surface area (Å²) in [5.74, 6) is -2.84. The number of methoxy groups -OCH3 is 1. The molecule has 0 saturated heterocycles. The van der Waals surface area contributed by atoms with Gasteiger partial charge >= 0.3 is 11.8 Å². The standard InChI is InChI=1S/C18H17FN4O5/c1-27-15-8-11(6-7-14(15)28-10-16(20)24)9-21-23-18(26)17(25)22-13-5-3-2-4-12(13)19/h2-9H,10H2,1H3,(H2,20,24)(H,22,25)(H,23,26). The number of halogens is 1. The number of para-hydroxylation sites is 1. The molecule has 0 aliphatic rings. The van der Waals surface area contributed by atoms with E-state index in [2.05, 4.69) is 10.4 Å². The highest BCUT2D eigenvalue weighted by Crippen LogP contribution is 2.27. The van der Waals surface area contributed by atoms with Crippen molar-refractivity contribution in [1.82, 2.24) is 5.43 Å². The molecule has 3 amide bonds. The minimum atomic E-state index is -1.08. The summed E-state index contributed by atoms with van der Waals surface area (Å²) in [4.78, 5) is 34.2. The number of nitrogens with one attached hydrogen (secondary N) is 2. The second-order valence-electron chi connectivity index (χ2n) is 5.30. The first-order valence-corrected chi connectivity index (χ1v) is 7.88. The summed E-state index contributed by atoms with van der Waals surface area (Å²) in [6.45, 7) is -0.309. The van der Waals surface area contributed by atoms with Gasteiger partial charge in [0.25, 0.3) is 5.91 Å². The van der Waals surface area contributed by atoms with E-state index in [1.54, 1.807) is 6.07 Å². The molecule has 0 unspecified atom stereocenters. The fraction of sp³-hybridized carbons (Fsp3) is 0.111. The molecule has 0 saturated carbocycles. The number of amides is 3. The molecule has 0 aliphatic carbocycles. The summed E-state index contributed by atoms with van der Waals surface area (Å²) in [7, 11) is 1.40. The molecular formula is C18H17FN4O5. The number of benzene rings is 2. The van der Waals surface area contributed by atoms with Gasteiger partial charge in [-0.3, -0.25) is 14.4 Å². The van der Waals surface area contributed by atoms with Gasteiger partial charge in [0.15, 0.2) is 18.1 Å². The van der Waals surface area contributed by atoms with E-state index in [1.165, 1.54) is 43.7 Å². The van der Waals surface area contributed by atoms with Crippen LogP contribution in [0.5, 0.6) is 11.5 Å². The van der Waals surface area contributed by atoms with Gasteiger partial charge in [0.2, 0.25) is 0 Å². The van der Waals surface area contributed by atoms with Crippen LogP contribution in [0.15, 0.2) is 47.6 Å². The van der Waals surface area contributed by atoms with Crippen LogP contribution in [0, 0.1) is 5.82 Å². The number of anilines is 1. The van der Waals surface area contributed by atoms with Gasteiger partial charge in [-0.1, -0.05) is 12.1 Å². The van der Waals surface area contributed by atoms with Crippen molar-refractivity contribution in [3.8, 4) is 11.5 Å². The maximum Gasteiger partial charge on any atom is 0.329 e. The van der Waals surface area contributed by atoms with Crippen LogP contribution in [0.25, 0.3) is 0 Å². The zero-order valence-electron chi connectivity index (χ0n) is 14.8. The summed E-state index contributed by atoms with van der Waals surface area (Å²) in [5.41, 5.74) is 7.43. The molecule has 0 aliphatic heterocycles. The number of nitrogens with two attached hydrogens (primary N) is 1. The molecule has 28 heavy (non-hydrogen) atoms. The molecule has 10 heteroatoms. The molecule has 0 heterocycles. The normalized spacial score (nSPS) is 10.4. The number of nitrogens with zero attached hydrogens (tertiary/aromatic N) is 1. The zero-order valence-corrected chi connectivity index (χ0v) is 14.8. The molecule has 2 aromatic rings. The summed E-state index contributed by atoms with van der Waals surface area (Å²) in [6, 6.07) is 10.1. The highest BCUT2D eigenvalue weighted by molar-refractivity contribution is 6.39. The maximum absolute atomic E-state index is 13.5. The first-order valence-electron chi connectivity index (χ1n) is 7.88. The Hall–Kier alpha value is -3.95. The molecule has 0 bridgehead atoms. The lowest BCUT2D eigenvalue weighted by Crippen LogP contribution is -2.32. The molecule has 0 aromatic heterocycles. The van der Waals surface area contributed by atoms with E-state index in [1.807, 2.05) is 5.43 Å². The average molecular weight is 388 g/mol. The lowest BCUT2D eigenvalue weighted by atomic mass is 10.2. The second kappa shape index (κ2) is 9.67. The maximum atomic E-state index is 13.5. The number of ether oxygens (including phenoxy) is 2. The molecule has 0 atom stereocenters. The molecule has 0 fully saturated rings. The Morgan fingerprint density at radius 1 is 1.14 bits per heavy atom. The Morgan fingerprint density at radius 3 is 2.57 bits per heavy atom. The first kappa shape index (κ1) is 20.4. The number of hydrogen-bond donors (Lipinski definition) is 3. The predicted octanol–water partition coefficient (Wildman–Crippen LogP) is 0.787. The molecule has 4 N–H and O–H groups in total. The zero-order chi connectivity index (χ0) is 20.5. The van der Waals surface area contributed by atoms with Crippen molar-refractivity contribution in [2.75, 3.05) is 19.0 Å². The van der Waals surface area contributed by atoms with Crippen LogP contribution in [0.1, 0.15) is 5.56 Å². The predicted molar refractivity (Wildman–Crippen MR) is 98.4 cm³/mol. The third-order valence-corrected chi connectivity index (χ3v) is 3.27. The lowest BCUT2D eigenvalue weighted by molar-refractivity contribution is -0.136. The van der Waals surface area contributed by atoms with Crippen molar-refractivity contribution < 1.29 is 28.2 Å². The van der Waals surface area contributed by atoms with Crippen LogP contribution >= 0.6 is 0 Å². The van der Waals surface area contributed by atoms with Crippen LogP contribution in [0.3, 0.4) is 0 Å². The van der Waals surface area contributed by atoms with Gasteiger partial charge in [-0.15, -0.1) is 0 Å². The van der Waals surface area contributed by atoms with Crippen molar-refractivity contribution in [1.29, 1.82) is 0 Å². The van der Waals surface area contributed by atoms with Crippen LogP contribution < -0.4 is 25.9 Å². The largest absolute Gasteiger partial charge is 0.493 e. The summed E-state index contributed by atoms with van der Waals surface area (Å²) in [6.07, 6.45) is 1.26. The fourth-order valence-electron chi connectivity index (χ4n) is 1.99. The summed E-state index contributed by atoms with van der Waals surface area (Å²) >= 11 is 0. The average Bonchev–Trinajstić information content (AvgIpc) is 2.68. The van der Waals surface area contributed by atoms with Crippen LogP contribution in [0.4, 0.5) is 10.1 Å². The molecular weight excluding hydrogens is 371 g/mol. The molecule has 0 radical (unpaired) electrons. The van der Waals surface area contributed by atoms with E-state index >= 15 is 0 Å². The van der Waals surface area contributed by atoms with E-state index in [0.717, 1.165) is 6.07 Å². The van der Waals surface area contributed by atoms with E-state index < -0.39 is 23.5 Å². The van der Waals surface area contributed by atoms with Crippen molar-refractivity contribution in [2.24, 2.45) is 10.8 Å². The lowest BCUT2D eigenvalue weighted by Gasteiger charge is -2.09. The van der Waals surface area contributed by atoms with Gasteiger partial charge in [-0.2, -0.15) is 5.10 Å². The number of carbonyl (C=O) groups excluding carboxylic acids is 3. The van der Waals surface area contributed by atoms with Crippen LogP contribution in [0.2, 0.25) is 0 Å². The molecule has 146 valence electrons. The van der Waals surface area contributed by atoms with Crippen molar-refractivity contribution in [2.45, 2.75) is 0 Å². The third-order valence-electron chi connectivity index (χ3n) is 3.27. The van der Waals surface area contributed by atoms with Crippen molar-refractivity contribution >= 4 is 29.6 Å². The van der Waals surface area contributed by atoms with Gasteiger partial charge in [-0.25, -0.2) is 9.82 Å². The van der Waals surface area contributed by atoms with E-state index in [-0.39, 0.29) is 12.3 Å². The van der Waals surface area contributed by atoms with Crippen molar-refractivity contribution in [3.05, 3.63) is 53.8 Å². The number of rotatable bonds is 7. The Balaban J connectivity index is 1.96. The molecule has 2 aromatic carbocycles. The Kier molecular flexibility index (Phi) is 7.03. The van der Waals surface area contributed by atoms with Crippen molar-refractivity contribution in [3.63, 3.8) is 0 Å². The highest BCUT2D eigenvalue weighted by atomic mass is 19.1. The minimum Gasteiger partial charge on any atom is -0.493 e. The Bertz CT molecular complexity index is 917. The van der Waals surface area contributed by atoms with Gasteiger partial charge in [0.1, 0.15) is 5.82 Å². The summed E-state index contributed by atoms with van der Waals surface area (Å²) in [5, 5.41) is 5.79. The van der Waals surface area contributed by atoms with Crippen LogP contribution in [-0.2, 0) is 14.4 Å². The number of hydrazone groups is 1. The third kappa shape index (κ3) is 5.80. The second-order valence-corrected chi connectivity index (χ2v) is 5.30. The quantitative estimate of drug-likeness (QED) is 0.366. The number of carbonyl (C=O) groups is 3. The Morgan fingerprint density at radius 2 is 1.89 bits per heavy atom. The highest BCUT2D eigenvalue weighted by Gasteiger charge is 2.14. The van der Waals surface area contributed by atoms with Gasteiger partial charge in [0, 0.05) is 0 Å². The van der Waals surface area contributed by atoms with Gasteiger partial charge in [0.05, 0.1) is 19.0 Å². The van der Waals surface area contributed by atoms with Gasteiger partial charge < -0.3 is 20.5 Å². The number of primary amides is 1. The minimum absolute atomic E-state index is 0.122. The fourth-order valence-corrected chi connectivity index (χ4v) is 1.99. The number of hydrogen-bond acceptors (Lipinski definition) is 6. The van der Waals surface area contributed by atoms with E-state index in [0.29, 0.717) is 17.1 Å². The molecule has 0 spiro atoms. The first-order chi connectivity index (χ1) is 13.4. The van der Waals surface area contributed by atoms with E-state index in [9.17, 15) is 18.8 Å². The van der Waals surface area contributed by atoms with E-state index in [4.69, 9.17) is 15.2 Å². The van der Waals surface area contributed by atoms with Gasteiger partial charge in [-0.05, 0) is 35.9 Å². The SMILES string of the molecule is COc1cc(C=NNC(=O)C(=O)Nc2ccccc2F)ccc1OCC(N)=O. The smallest absolute Gasteiger partial charge is 0.329 e. The summed E-state index contributed by atoms with van der Waals surface area (Å²) < 4.78 is 23.8. The Labute approximate surface area is 159 Å². The topological polar surface area (TPSA) is 132 Å². The monoisotopic (exact) mass is 388 g/mol. The molecule has 9 nitrogen and oxygen atoms in total. The molecule has 2 rings (SSSR count).